The van der Waals surface area contributed by atoms with E-state index in [1.54, 1.807) is 34.8 Å². The van der Waals surface area contributed by atoms with E-state index in [-0.39, 0.29) is 5.91 Å². The number of piperidine rings is 1. The van der Waals surface area contributed by atoms with E-state index < -0.39 is 0 Å². The van der Waals surface area contributed by atoms with Gasteiger partial charge >= 0.3 is 0 Å². The van der Waals surface area contributed by atoms with Crippen molar-refractivity contribution in [1.29, 1.82) is 0 Å². The van der Waals surface area contributed by atoms with E-state index in [2.05, 4.69) is 18.4 Å². The Labute approximate surface area is 188 Å². The molecule has 0 unspecified atom stereocenters. The highest BCUT2D eigenvalue weighted by molar-refractivity contribution is 7.11. The van der Waals surface area contributed by atoms with Gasteiger partial charge < -0.3 is 4.90 Å². The molecule has 1 aliphatic heterocycles. The van der Waals surface area contributed by atoms with Gasteiger partial charge in [-0.05, 0) is 55.0 Å². The van der Waals surface area contributed by atoms with Crippen molar-refractivity contribution in [3.05, 3.63) is 66.6 Å². The first-order valence-corrected chi connectivity index (χ1v) is 11.9. The Hall–Kier alpha value is -1.66. The number of aromatic nitrogens is 1. The molecule has 4 rings (SSSR count). The van der Waals surface area contributed by atoms with Crippen molar-refractivity contribution in [2.75, 3.05) is 13.1 Å². The van der Waals surface area contributed by atoms with Gasteiger partial charge in [0, 0.05) is 40.9 Å². The van der Waals surface area contributed by atoms with Crippen molar-refractivity contribution in [3.63, 3.8) is 0 Å². The summed E-state index contributed by atoms with van der Waals surface area (Å²) in [4.78, 5) is 20.4. The molecule has 0 aliphatic carbocycles. The molecule has 0 spiro atoms. The molecule has 2 aromatic heterocycles. The van der Waals surface area contributed by atoms with Gasteiger partial charge in [-0.15, -0.1) is 22.7 Å². The number of likely N-dealkylation sites (tertiary alicyclic amines) is 1. The second kappa shape index (κ2) is 9.00. The number of benzene rings is 1. The number of carbonyl (C=O) groups is 1. The quantitative estimate of drug-likeness (QED) is 0.394. The second-order valence-electron chi connectivity index (χ2n) is 7.10. The van der Waals surface area contributed by atoms with Crippen LogP contribution in [0.1, 0.15) is 34.2 Å². The number of hydrogen-bond donors (Lipinski definition) is 0. The van der Waals surface area contributed by atoms with Crippen LogP contribution in [0.5, 0.6) is 0 Å². The summed E-state index contributed by atoms with van der Waals surface area (Å²) in [6.45, 7) is 3.59. The molecule has 29 heavy (non-hydrogen) atoms. The van der Waals surface area contributed by atoms with Crippen molar-refractivity contribution in [2.45, 2.75) is 25.7 Å². The molecule has 1 fully saturated rings. The maximum absolute atomic E-state index is 12.5. The molecule has 0 N–H and O–H groups in total. The highest BCUT2D eigenvalue weighted by atomic mass is 35.5. The summed E-state index contributed by atoms with van der Waals surface area (Å²) >= 11 is 15.5. The Bertz CT molecular complexity index is 1050. The Morgan fingerprint density at radius 2 is 1.97 bits per heavy atom. The second-order valence-corrected chi connectivity index (χ2v) is 9.75. The first-order chi connectivity index (χ1) is 14.0. The van der Waals surface area contributed by atoms with Gasteiger partial charge in [0.25, 0.3) is 0 Å². The monoisotopic (exact) mass is 462 g/mol. The van der Waals surface area contributed by atoms with E-state index in [9.17, 15) is 4.79 Å². The van der Waals surface area contributed by atoms with Crippen LogP contribution in [-0.4, -0.2) is 28.9 Å². The average Bonchev–Trinajstić information content (AvgIpc) is 3.38. The minimum Gasteiger partial charge on any atom is -0.339 e. The van der Waals surface area contributed by atoms with Gasteiger partial charge in [-0.3, -0.25) is 4.79 Å². The fourth-order valence-electron chi connectivity index (χ4n) is 3.42. The average molecular weight is 463 g/mol. The fraction of sp³-hybridized carbons (Fsp3) is 0.273. The zero-order valence-corrected chi connectivity index (χ0v) is 19.0. The Morgan fingerprint density at radius 1 is 1.17 bits per heavy atom. The highest BCUT2D eigenvalue weighted by Gasteiger charge is 2.25. The first-order valence-electron chi connectivity index (χ1n) is 9.43. The van der Waals surface area contributed by atoms with Crippen molar-refractivity contribution >= 4 is 57.9 Å². The third-order valence-corrected chi connectivity index (χ3v) is 7.90. The number of halogens is 2. The van der Waals surface area contributed by atoms with E-state index >= 15 is 0 Å². The summed E-state index contributed by atoms with van der Waals surface area (Å²) in [5.74, 6) is 0.482. The molecule has 3 nitrogen and oxygen atoms in total. The third-order valence-electron chi connectivity index (χ3n) is 5.17. The van der Waals surface area contributed by atoms with Crippen LogP contribution >= 0.6 is 45.9 Å². The van der Waals surface area contributed by atoms with Crippen LogP contribution < -0.4 is 0 Å². The third kappa shape index (κ3) is 4.75. The van der Waals surface area contributed by atoms with E-state index in [1.165, 1.54) is 5.56 Å². The van der Waals surface area contributed by atoms with E-state index in [4.69, 9.17) is 28.2 Å². The van der Waals surface area contributed by atoms with Gasteiger partial charge in [-0.25, -0.2) is 4.98 Å². The van der Waals surface area contributed by atoms with Gasteiger partial charge in [0.2, 0.25) is 5.91 Å². The van der Waals surface area contributed by atoms with Crippen molar-refractivity contribution in [3.8, 4) is 11.3 Å². The number of amides is 1. The predicted molar refractivity (Wildman–Crippen MR) is 124 cm³/mol. The topological polar surface area (TPSA) is 33.2 Å². The van der Waals surface area contributed by atoms with Gasteiger partial charge in [0.15, 0.2) is 0 Å². The molecule has 0 radical (unpaired) electrons. The number of thiophene rings is 1. The largest absolute Gasteiger partial charge is 0.339 e. The minimum atomic E-state index is 0.0897. The summed E-state index contributed by atoms with van der Waals surface area (Å²) in [6.07, 6.45) is 5.50. The SMILES string of the molecule is Cc1ccsc1C=CC(=O)N1CCC(c2nc(-c3ccc(Cl)c(Cl)c3)cs2)CC1. The summed E-state index contributed by atoms with van der Waals surface area (Å²) < 4.78 is 0. The van der Waals surface area contributed by atoms with Crippen LogP contribution in [0.15, 0.2) is 41.1 Å². The molecule has 1 aromatic carbocycles. The lowest BCUT2D eigenvalue weighted by molar-refractivity contribution is -0.126. The van der Waals surface area contributed by atoms with Crippen LogP contribution in [0.25, 0.3) is 17.3 Å². The molecule has 1 amide bonds. The van der Waals surface area contributed by atoms with Gasteiger partial charge in [-0.1, -0.05) is 29.3 Å². The van der Waals surface area contributed by atoms with Gasteiger partial charge in [0.1, 0.15) is 0 Å². The molecule has 3 aromatic rings. The molecule has 0 bridgehead atoms. The lowest BCUT2D eigenvalue weighted by Gasteiger charge is -2.30. The molecule has 1 aliphatic rings. The Kier molecular flexibility index (Phi) is 6.40. The van der Waals surface area contributed by atoms with Crippen LogP contribution in [-0.2, 0) is 4.79 Å². The molecule has 1 saturated heterocycles. The zero-order valence-electron chi connectivity index (χ0n) is 15.9. The molecule has 7 heteroatoms. The lowest BCUT2D eigenvalue weighted by atomic mass is 9.97. The first kappa shape index (κ1) is 20.6. The van der Waals surface area contributed by atoms with E-state index in [0.717, 1.165) is 47.1 Å². The molecular weight excluding hydrogens is 443 g/mol. The van der Waals surface area contributed by atoms with E-state index in [1.807, 2.05) is 28.5 Å². The van der Waals surface area contributed by atoms with Crippen molar-refractivity contribution in [1.82, 2.24) is 9.88 Å². The number of thiazole rings is 1. The molecule has 150 valence electrons. The fourth-order valence-corrected chi connectivity index (χ4v) is 5.54. The Balaban J connectivity index is 1.37. The highest BCUT2D eigenvalue weighted by Crippen LogP contribution is 2.34. The summed E-state index contributed by atoms with van der Waals surface area (Å²) in [5.41, 5.74) is 3.11. The molecule has 3 heterocycles. The number of nitrogens with zero attached hydrogens (tertiary/aromatic N) is 2. The van der Waals surface area contributed by atoms with Gasteiger partial charge in [0.05, 0.1) is 20.7 Å². The Morgan fingerprint density at radius 3 is 2.66 bits per heavy atom. The van der Waals surface area contributed by atoms with Crippen LogP contribution in [0.2, 0.25) is 10.0 Å². The zero-order chi connectivity index (χ0) is 20.4. The predicted octanol–water partition coefficient (Wildman–Crippen LogP) is 6.91. The van der Waals surface area contributed by atoms with Crippen LogP contribution in [0.3, 0.4) is 0 Å². The number of aryl methyl sites for hydroxylation is 1. The summed E-state index contributed by atoms with van der Waals surface area (Å²) in [7, 11) is 0. The number of hydrogen-bond acceptors (Lipinski definition) is 4. The summed E-state index contributed by atoms with van der Waals surface area (Å²) in [5, 5.41) is 6.33. The maximum atomic E-state index is 12.5. The van der Waals surface area contributed by atoms with Gasteiger partial charge in [-0.2, -0.15) is 0 Å². The van der Waals surface area contributed by atoms with Crippen molar-refractivity contribution < 1.29 is 4.79 Å². The van der Waals surface area contributed by atoms with Crippen LogP contribution in [0.4, 0.5) is 0 Å². The van der Waals surface area contributed by atoms with Crippen molar-refractivity contribution in [2.24, 2.45) is 0 Å². The van der Waals surface area contributed by atoms with E-state index in [0.29, 0.717) is 16.0 Å². The standard InChI is InChI=1S/C22H20Cl2N2OS2/c1-14-8-11-28-20(14)4-5-21(27)26-9-6-15(7-10-26)22-25-19(13-29-22)16-2-3-17(23)18(24)12-16/h2-5,8,11-13,15H,6-7,9-10H2,1H3. The number of rotatable bonds is 4. The maximum Gasteiger partial charge on any atom is 0.246 e. The molecule has 0 saturated carbocycles. The minimum absolute atomic E-state index is 0.0897. The molecule has 0 atom stereocenters. The molecular formula is C22H20Cl2N2OS2. The van der Waals surface area contributed by atoms with Crippen LogP contribution in [0, 0.1) is 6.92 Å². The number of carbonyl (C=O) groups excluding carboxylic acids is 1. The lowest BCUT2D eigenvalue weighted by Crippen LogP contribution is -2.36. The smallest absolute Gasteiger partial charge is 0.246 e. The normalized spacial score (nSPS) is 15.3. The summed E-state index contributed by atoms with van der Waals surface area (Å²) in [6, 6.07) is 7.66.